The number of ether oxygens (including phenoxy) is 1. The molecule has 30 heavy (non-hydrogen) atoms. The highest BCUT2D eigenvalue weighted by atomic mass is 16.5. The monoisotopic (exact) mass is 408 g/mol. The summed E-state index contributed by atoms with van der Waals surface area (Å²) in [5.74, 6) is 1.63. The number of phenols is 1. The predicted molar refractivity (Wildman–Crippen MR) is 117 cm³/mol. The molecule has 0 bridgehead atoms. The van der Waals surface area contributed by atoms with Gasteiger partial charge in [-0.2, -0.15) is 0 Å². The summed E-state index contributed by atoms with van der Waals surface area (Å²) < 4.78 is 11.0. The Morgan fingerprint density at radius 2 is 1.90 bits per heavy atom. The number of rotatable bonds is 10. The predicted octanol–water partition coefficient (Wildman–Crippen LogP) is 3.82. The summed E-state index contributed by atoms with van der Waals surface area (Å²) in [6.07, 6.45) is 3.91. The minimum absolute atomic E-state index is 0.185. The SMILES string of the molecule is Cc1cc(C=Cc2ccccc2OCC(O)CNC(C)Cc2ccc(O)cc2)on1. The Morgan fingerprint density at radius 1 is 1.13 bits per heavy atom. The van der Waals surface area contributed by atoms with E-state index in [4.69, 9.17) is 9.26 Å². The number of aliphatic hydroxyl groups excluding tert-OH is 1. The lowest BCUT2D eigenvalue weighted by Crippen LogP contribution is -2.37. The van der Waals surface area contributed by atoms with Gasteiger partial charge in [-0.3, -0.25) is 0 Å². The van der Waals surface area contributed by atoms with Gasteiger partial charge in [-0.1, -0.05) is 35.5 Å². The average molecular weight is 408 g/mol. The smallest absolute Gasteiger partial charge is 0.159 e. The Kier molecular flexibility index (Phi) is 7.65. The van der Waals surface area contributed by atoms with Crippen LogP contribution in [-0.4, -0.2) is 40.7 Å². The molecule has 2 unspecified atom stereocenters. The molecule has 3 N–H and O–H groups in total. The number of aromatic nitrogens is 1. The van der Waals surface area contributed by atoms with E-state index in [1.165, 1.54) is 0 Å². The van der Waals surface area contributed by atoms with Crippen LogP contribution < -0.4 is 10.1 Å². The minimum atomic E-state index is -0.638. The summed E-state index contributed by atoms with van der Waals surface area (Å²) in [6.45, 7) is 4.55. The van der Waals surface area contributed by atoms with Gasteiger partial charge in [0, 0.05) is 24.2 Å². The van der Waals surface area contributed by atoms with Crippen molar-refractivity contribution in [1.82, 2.24) is 10.5 Å². The molecule has 0 radical (unpaired) electrons. The van der Waals surface area contributed by atoms with E-state index in [-0.39, 0.29) is 18.4 Å². The van der Waals surface area contributed by atoms with Gasteiger partial charge in [-0.05, 0) is 56.2 Å². The summed E-state index contributed by atoms with van der Waals surface area (Å²) in [5, 5.41) is 26.8. The molecule has 0 saturated heterocycles. The van der Waals surface area contributed by atoms with Gasteiger partial charge < -0.3 is 24.8 Å². The first kappa shape index (κ1) is 21.6. The lowest BCUT2D eigenvalue weighted by Gasteiger charge is -2.18. The number of aliphatic hydroxyl groups is 1. The molecule has 0 aliphatic carbocycles. The van der Waals surface area contributed by atoms with Crippen molar-refractivity contribution >= 4 is 12.2 Å². The molecule has 0 saturated carbocycles. The molecule has 0 aliphatic rings. The number of aryl methyl sites for hydroxylation is 1. The number of para-hydroxylation sites is 1. The van der Waals surface area contributed by atoms with Crippen molar-refractivity contribution in [3.8, 4) is 11.5 Å². The fraction of sp³-hybridized carbons (Fsp3) is 0.292. The second-order valence-electron chi connectivity index (χ2n) is 7.39. The van der Waals surface area contributed by atoms with Crippen molar-refractivity contribution in [2.75, 3.05) is 13.2 Å². The third kappa shape index (κ3) is 6.76. The molecule has 3 rings (SSSR count). The van der Waals surface area contributed by atoms with Gasteiger partial charge in [0.1, 0.15) is 24.2 Å². The molecule has 1 heterocycles. The summed E-state index contributed by atoms with van der Waals surface area (Å²) >= 11 is 0. The molecule has 6 nitrogen and oxygen atoms in total. The van der Waals surface area contributed by atoms with E-state index in [1.54, 1.807) is 12.1 Å². The number of phenolic OH excluding ortho intramolecular Hbond substituents is 1. The zero-order chi connectivity index (χ0) is 21.3. The second kappa shape index (κ2) is 10.6. The van der Waals surface area contributed by atoms with Crippen LogP contribution in [0.25, 0.3) is 12.2 Å². The fourth-order valence-corrected chi connectivity index (χ4v) is 3.02. The maximum Gasteiger partial charge on any atom is 0.159 e. The van der Waals surface area contributed by atoms with Gasteiger partial charge in [0.2, 0.25) is 0 Å². The van der Waals surface area contributed by atoms with E-state index in [1.807, 2.05) is 61.5 Å². The molecule has 0 spiro atoms. The zero-order valence-electron chi connectivity index (χ0n) is 17.3. The average Bonchev–Trinajstić information content (AvgIpc) is 3.16. The van der Waals surface area contributed by atoms with Gasteiger partial charge in [0.15, 0.2) is 5.76 Å². The lowest BCUT2D eigenvalue weighted by molar-refractivity contribution is 0.104. The van der Waals surface area contributed by atoms with Gasteiger partial charge in [0.25, 0.3) is 0 Å². The molecular weight excluding hydrogens is 380 g/mol. The number of nitrogens with one attached hydrogen (secondary N) is 1. The number of hydrogen-bond donors (Lipinski definition) is 3. The van der Waals surface area contributed by atoms with Gasteiger partial charge >= 0.3 is 0 Å². The Bertz CT molecular complexity index is 950. The van der Waals surface area contributed by atoms with Crippen LogP contribution in [0, 0.1) is 6.92 Å². The molecule has 2 atom stereocenters. The standard InChI is InChI=1S/C24H28N2O4/c1-17(13-19-7-10-21(27)11-8-19)25-15-22(28)16-29-24-6-4-3-5-20(24)9-12-23-14-18(2)26-30-23/h3-12,14,17,22,25,27-28H,13,15-16H2,1-2H3. The summed E-state index contributed by atoms with van der Waals surface area (Å²) in [7, 11) is 0. The molecule has 0 aliphatic heterocycles. The summed E-state index contributed by atoms with van der Waals surface area (Å²) in [6, 6.07) is 16.9. The van der Waals surface area contributed by atoms with Gasteiger partial charge in [-0.15, -0.1) is 0 Å². The number of aromatic hydroxyl groups is 1. The second-order valence-corrected chi connectivity index (χ2v) is 7.39. The van der Waals surface area contributed by atoms with Crippen LogP contribution in [0.15, 0.2) is 59.1 Å². The fourth-order valence-electron chi connectivity index (χ4n) is 3.02. The van der Waals surface area contributed by atoms with E-state index in [2.05, 4.69) is 17.4 Å². The van der Waals surface area contributed by atoms with Gasteiger partial charge in [0.05, 0.1) is 5.69 Å². The van der Waals surface area contributed by atoms with Crippen LogP contribution in [0.1, 0.15) is 29.5 Å². The first-order chi connectivity index (χ1) is 14.5. The third-order valence-electron chi connectivity index (χ3n) is 4.60. The maximum absolute atomic E-state index is 10.3. The highest BCUT2D eigenvalue weighted by Crippen LogP contribution is 2.21. The number of benzene rings is 2. The Hall–Kier alpha value is -3.09. The number of hydrogen-bond acceptors (Lipinski definition) is 6. The lowest BCUT2D eigenvalue weighted by atomic mass is 10.1. The Balaban J connectivity index is 1.46. The Morgan fingerprint density at radius 3 is 2.63 bits per heavy atom. The van der Waals surface area contributed by atoms with Crippen molar-refractivity contribution in [3.63, 3.8) is 0 Å². The highest BCUT2D eigenvalue weighted by molar-refractivity contribution is 5.70. The molecule has 2 aromatic carbocycles. The maximum atomic E-state index is 10.3. The highest BCUT2D eigenvalue weighted by Gasteiger charge is 2.10. The van der Waals surface area contributed by atoms with E-state index in [0.29, 0.717) is 18.1 Å². The summed E-state index contributed by atoms with van der Waals surface area (Å²) in [4.78, 5) is 0. The van der Waals surface area contributed by atoms with Crippen LogP contribution in [0.3, 0.4) is 0 Å². The van der Waals surface area contributed by atoms with Crippen molar-refractivity contribution in [2.24, 2.45) is 0 Å². The first-order valence-corrected chi connectivity index (χ1v) is 10.0. The topological polar surface area (TPSA) is 87.8 Å². The first-order valence-electron chi connectivity index (χ1n) is 10.0. The third-order valence-corrected chi connectivity index (χ3v) is 4.60. The largest absolute Gasteiger partial charge is 0.508 e. The van der Waals surface area contributed by atoms with Crippen molar-refractivity contribution in [1.29, 1.82) is 0 Å². The van der Waals surface area contributed by atoms with Crippen LogP contribution in [0.2, 0.25) is 0 Å². The minimum Gasteiger partial charge on any atom is -0.508 e. The molecule has 0 amide bonds. The van der Waals surface area contributed by atoms with E-state index >= 15 is 0 Å². The van der Waals surface area contributed by atoms with E-state index < -0.39 is 6.10 Å². The molecular formula is C24H28N2O4. The molecule has 158 valence electrons. The van der Waals surface area contributed by atoms with E-state index in [9.17, 15) is 10.2 Å². The van der Waals surface area contributed by atoms with Crippen LogP contribution in [-0.2, 0) is 6.42 Å². The van der Waals surface area contributed by atoms with Crippen molar-refractivity contribution in [3.05, 3.63) is 77.2 Å². The molecule has 3 aromatic rings. The van der Waals surface area contributed by atoms with Crippen LogP contribution in [0.5, 0.6) is 11.5 Å². The van der Waals surface area contributed by atoms with Crippen LogP contribution in [0.4, 0.5) is 0 Å². The van der Waals surface area contributed by atoms with Crippen LogP contribution >= 0.6 is 0 Å². The Labute approximate surface area is 176 Å². The zero-order valence-corrected chi connectivity index (χ0v) is 17.3. The quantitative estimate of drug-likeness (QED) is 0.473. The van der Waals surface area contributed by atoms with E-state index in [0.717, 1.165) is 23.2 Å². The van der Waals surface area contributed by atoms with Gasteiger partial charge in [-0.25, -0.2) is 0 Å². The normalized spacial score (nSPS) is 13.4. The van der Waals surface area contributed by atoms with Crippen molar-refractivity contribution in [2.45, 2.75) is 32.4 Å². The molecule has 1 aromatic heterocycles. The molecule has 6 heteroatoms. The molecule has 0 fully saturated rings. The number of nitrogens with zero attached hydrogens (tertiary/aromatic N) is 1. The van der Waals surface area contributed by atoms with Crippen molar-refractivity contribution < 1.29 is 19.5 Å². The summed E-state index contributed by atoms with van der Waals surface area (Å²) in [5.41, 5.74) is 2.85.